The first-order chi connectivity index (χ1) is 8.92. The van der Waals surface area contributed by atoms with Gasteiger partial charge in [0, 0.05) is 18.8 Å². The van der Waals surface area contributed by atoms with Crippen molar-refractivity contribution in [3.05, 3.63) is 59.7 Å². The van der Waals surface area contributed by atoms with Crippen molar-refractivity contribution in [2.45, 2.75) is 18.6 Å². The Bertz CT molecular complexity index is 624. The van der Waals surface area contributed by atoms with Gasteiger partial charge in [-0.25, -0.2) is 9.98 Å². The highest BCUT2D eigenvalue weighted by molar-refractivity contribution is 5.93. The molecular formula is C14H11N3O. The first-order valence-electron chi connectivity index (χ1n) is 6.00. The Morgan fingerprint density at radius 2 is 2.11 bits per heavy atom. The van der Waals surface area contributed by atoms with Crippen molar-refractivity contribution in [3.8, 4) is 0 Å². The van der Waals surface area contributed by atoms with E-state index in [0.717, 1.165) is 6.42 Å². The number of benzene rings is 1. The van der Waals surface area contributed by atoms with E-state index in [1.807, 2.05) is 0 Å². The Hall–Kier alpha value is -2.23. The van der Waals surface area contributed by atoms with Crippen LogP contribution in [0.3, 0.4) is 0 Å². The topological polar surface area (TPSA) is 47.4 Å². The first kappa shape index (κ1) is 9.76. The third-order valence-corrected chi connectivity index (χ3v) is 3.45. The summed E-state index contributed by atoms with van der Waals surface area (Å²) in [5, 5.41) is 0. The van der Waals surface area contributed by atoms with Gasteiger partial charge < -0.3 is 4.74 Å². The number of fused-ring (bicyclic) bond motifs is 3. The highest BCUT2D eigenvalue weighted by atomic mass is 16.5. The van der Waals surface area contributed by atoms with Crippen LogP contribution in [0.2, 0.25) is 0 Å². The minimum Gasteiger partial charge on any atom is -0.470 e. The van der Waals surface area contributed by atoms with Crippen molar-refractivity contribution in [1.82, 2.24) is 9.97 Å². The standard InChI is InChI=1S/C14H11N3O/c1-2-4-10-9(3-1)7-12-13(10)17-14(18-12)11-8-15-5-6-16-11/h1-6,8,12-13H,7H2/t12-,13+/m1/s1. The van der Waals surface area contributed by atoms with Crippen LogP contribution in [0.1, 0.15) is 22.9 Å². The van der Waals surface area contributed by atoms with Gasteiger partial charge in [0.1, 0.15) is 17.8 Å². The molecule has 0 N–H and O–H groups in total. The molecule has 0 radical (unpaired) electrons. The lowest BCUT2D eigenvalue weighted by Gasteiger charge is -2.07. The molecule has 4 rings (SSSR count). The van der Waals surface area contributed by atoms with Crippen LogP contribution >= 0.6 is 0 Å². The van der Waals surface area contributed by atoms with Crippen LogP contribution in [-0.2, 0) is 11.2 Å². The number of aromatic nitrogens is 2. The highest BCUT2D eigenvalue weighted by Gasteiger charge is 2.39. The zero-order valence-electron chi connectivity index (χ0n) is 9.65. The number of nitrogens with zero attached hydrogens (tertiary/aromatic N) is 3. The largest absolute Gasteiger partial charge is 0.470 e. The average Bonchev–Trinajstić information content (AvgIpc) is 2.97. The summed E-state index contributed by atoms with van der Waals surface area (Å²) in [7, 11) is 0. The van der Waals surface area contributed by atoms with Gasteiger partial charge in [0.25, 0.3) is 0 Å². The smallest absolute Gasteiger partial charge is 0.238 e. The van der Waals surface area contributed by atoms with E-state index in [0.29, 0.717) is 11.6 Å². The fourth-order valence-corrected chi connectivity index (χ4v) is 2.63. The quantitative estimate of drug-likeness (QED) is 0.761. The molecule has 0 fully saturated rings. The monoisotopic (exact) mass is 237 g/mol. The van der Waals surface area contributed by atoms with Gasteiger partial charge in [-0.2, -0.15) is 0 Å². The number of ether oxygens (including phenoxy) is 1. The van der Waals surface area contributed by atoms with Crippen molar-refractivity contribution >= 4 is 5.90 Å². The minimum absolute atomic E-state index is 0.123. The third kappa shape index (κ3) is 1.35. The SMILES string of the molecule is c1ccc2c(c1)C[C@H]1OC(c3cnccn3)=N[C@@H]21. The predicted octanol–water partition coefficient (Wildman–Crippen LogP) is 1.92. The predicted molar refractivity (Wildman–Crippen MR) is 66.3 cm³/mol. The molecule has 4 nitrogen and oxygen atoms in total. The van der Waals surface area contributed by atoms with Gasteiger partial charge in [0.2, 0.25) is 5.90 Å². The van der Waals surface area contributed by atoms with Crippen LogP contribution in [-0.4, -0.2) is 22.0 Å². The molecular weight excluding hydrogens is 226 g/mol. The zero-order valence-corrected chi connectivity index (χ0v) is 9.65. The maximum absolute atomic E-state index is 5.90. The second kappa shape index (κ2) is 3.63. The molecule has 4 heteroatoms. The van der Waals surface area contributed by atoms with Crippen LogP contribution < -0.4 is 0 Å². The molecule has 0 bridgehead atoms. The van der Waals surface area contributed by atoms with E-state index in [-0.39, 0.29) is 12.1 Å². The molecule has 1 aromatic carbocycles. The summed E-state index contributed by atoms with van der Waals surface area (Å²) in [4.78, 5) is 12.9. The summed E-state index contributed by atoms with van der Waals surface area (Å²) in [6.45, 7) is 0. The molecule has 2 atom stereocenters. The molecule has 1 aromatic heterocycles. The molecule has 0 amide bonds. The molecule has 0 spiro atoms. The molecule has 1 aliphatic carbocycles. The van der Waals surface area contributed by atoms with E-state index in [1.54, 1.807) is 18.6 Å². The lowest BCUT2D eigenvalue weighted by atomic mass is 10.1. The van der Waals surface area contributed by atoms with Crippen molar-refractivity contribution < 1.29 is 4.74 Å². The number of hydrogen-bond donors (Lipinski definition) is 0. The van der Waals surface area contributed by atoms with Gasteiger partial charge in [-0.3, -0.25) is 4.98 Å². The zero-order chi connectivity index (χ0) is 11.9. The van der Waals surface area contributed by atoms with Crippen LogP contribution in [0.25, 0.3) is 0 Å². The summed E-state index contributed by atoms with van der Waals surface area (Å²) in [6, 6.07) is 8.52. The Balaban J connectivity index is 1.74. The van der Waals surface area contributed by atoms with E-state index >= 15 is 0 Å². The van der Waals surface area contributed by atoms with E-state index in [2.05, 4.69) is 39.2 Å². The molecule has 2 aliphatic rings. The van der Waals surface area contributed by atoms with E-state index in [4.69, 9.17) is 4.74 Å². The van der Waals surface area contributed by atoms with Gasteiger partial charge in [0.05, 0.1) is 6.20 Å². The molecule has 2 heterocycles. The third-order valence-electron chi connectivity index (χ3n) is 3.45. The summed E-state index contributed by atoms with van der Waals surface area (Å²) < 4.78 is 5.90. The van der Waals surface area contributed by atoms with Crippen molar-refractivity contribution in [3.63, 3.8) is 0 Å². The lowest BCUT2D eigenvalue weighted by Crippen LogP contribution is -2.14. The summed E-state index contributed by atoms with van der Waals surface area (Å²) in [5.41, 5.74) is 3.33. The molecule has 2 aromatic rings. The fourth-order valence-electron chi connectivity index (χ4n) is 2.63. The Labute approximate surface area is 104 Å². The lowest BCUT2D eigenvalue weighted by molar-refractivity contribution is 0.206. The van der Waals surface area contributed by atoms with Crippen LogP contribution in [0, 0.1) is 0 Å². The second-order valence-corrected chi connectivity index (χ2v) is 4.53. The van der Waals surface area contributed by atoms with E-state index in [1.165, 1.54) is 11.1 Å². The van der Waals surface area contributed by atoms with Crippen molar-refractivity contribution in [2.24, 2.45) is 4.99 Å². The van der Waals surface area contributed by atoms with Gasteiger partial charge in [0.15, 0.2) is 0 Å². The number of aliphatic imine (C=N–C) groups is 1. The van der Waals surface area contributed by atoms with Crippen molar-refractivity contribution in [2.75, 3.05) is 0 Å². The van der Waals surface area contributed by atoms with Gasteiger partial charge in [-0.15, -0.1) is 0 Å². The minimum atomic E-state index is 0.123. The maximum atomic E-state index is 5.90. The number of rotatable bonds is 1. The van der Waals surface area contributed by atoms with E-state index in [9.17, 15) is 0 Å². The van der Waals surface area contributed by atoms with E-state index < -0.39 is 0 Å². The summed E-state index contributed by atoms with van der Waals surface area (Å²) >= 11 is 0. The molecule has 88 valence electrons. The molecule has 1 aliphatic heterocycles. The molecule has 0 saturated heterocycles. The Kier molecular flexibility index (Phi) is 1.97. The summed E-state index contributed by atoms with van der Waals surface area (Å²) in [5.74, 6) is 0.618. The van der Waals surface area contributed by atoms with Crippen molar-refractivity contribution in [1.29, 1.82) is 0 Å². The molecule has 18 heavy (non-hydrogen) atoms. The van der Waals surface area contributed by atoms with Gasteiger partial charge in [-0.1, -0.05) is 24.3 Å². The Morgan fingerprint density at radius 3 is 3.00 bits per heavy atom. The first-order valence-corrected chi connectivity index (χ1v) is 6.00. The van der Waals surface area contributed by atoms with Gasteiger partial charge >= 0.3 is 0 Å². The average molecular weight is 237 g/mol. The highest BCUT2D eigenvalue weighted by Crippen LogP contribution is 2.40. The van der Waals surface area contributed by atoms with Gasteiger partial charge in [-0.05, 0) is 11.1 Å². The molecule has 0 unspecified atom stereocenters. The normalized spacial score (nSPS) is 24.1. The fraction of sp³-hybridized carbons (Fsp3) is 0.214. The maximum Gasteiger partial charge on any atom is 0.238 e. The van der Waals surface area contributed by atoms with Crippen LogP contribution in [0.4, 0.5) is 0 Å². The number of hydrogen-bond acceptors (Lipinski definition) is 4. The summed E-state index contributed by atoms with van der Waals surface area (Å²) in [6.07, 6.45) is 6.04. The second-order valence-electron chi connectivity index (χ2n) is 4.53. The Morgan fingerprint density at radius 1 is 1.17 bits per heavy atom. The molecule has 0 saturated carbocycles. The van der Waals surface area contributed by atoms with Crippen LogP contribution in [0.5, 0.6) is 0 Å². The van der Waals surface area contributed by atoms with Crippen LogP contribution in [0.15, 0.2) is 47.8 Å².